The first kappa shape index (κ1) is 20.3. The molecule has 1 aromatic heterocycles. The molecule has 0 saturated heterocycles. The summed E-state index contributed by atoms with van der Waals surface area (Å²) < 4.78 is 41.5. The maximum Gasteiger partial charge on any atom is 0.271 e. The molecule has 150 valence electrons. The number of carbonyl (C=O) groups is 1. The maximum absolute atomic E-state index is 13.5. The van der Waals surface area contributed by atoms with E-state index >= 15 is 0 Å². The molecule has 9 heteroatoms. The highest BCUT2D eigenvalue weighted by atomic mass is 32.2. The Kier molecular flexibility index (Phi) is 6.35. The molecule has 2 N–H and O–H groups in total. The van der Waals surface area contributed by atoms with Gasteiger partial charge >= 0.3 is 0 Å². The fourth-order valence-electron chi connectivity index (χ4n) is 3.47. The summed E-state index contributed by atoms with van der Waals surface area (Å²) in [5.41, 5.74) is 0.745. The summed E-state index contributed by atoms with van der Waals surface area (Å²) in [6, 6.07) is 3.49. The number of sulfonamides is 1. The molecule has 2 aromatic rings. The van der Waals surface area contributed by atoms with Crippen LogP contribution in [0.2, 0.25) is 0 Å². The standard InChI is InChI=1S/C19H23FN4O3S/c1-13-5-6-15(20)10-18(13)28(26,27)24-16-4-2-3-14(9-16)11-23-19(25)17-12-21-7-8-22-17/h5-8,10,12,14,16,24H,2-4,9,11H2,1H3,(H,23,25)/t14-,16+/m1/s1. The van der Waals surface area contributed by atoms with Crippen LogP contribution >= 0.6 is 0 Å². The molecule has 1 aliphatic carbocycles. The molecule has 0 bridgehead atoms. The van der Waals surface area contributed by atoms with Gasteiger partial charge in [-0.15, -0.1) is 0 Å². The Hall–Kier alpha value is -2.39. The lowest BCUT2D eigenvalue weighted by molar-refractivity contribution is 0.0936. The molecule has 7 nitrogen and oxygen atoms in total. The fourth-order valence-corrected chi connectivity index (χ4v) is 5.01. The van der Waals surface area contributed by atoms with Crippen LogP contribution in [0.15, 0.2) is 41.7 Å². The summed E-state index contributed by atoms with van der Waals surface area (Å²) in [5, 5.41) is 2.83. The van der Waals surface area contributed by atoms with Crippen molar-refractivity contribution in [3.8, 4) is 0 Å². The van der Waals surface area contributed by atoms with Gasteiger partial charge in [0.2, 0.25) is 10.0 Å². The van der Waals surface area contributed by atoms with Crippen LogP contribution in [0.25, 0.3) is 0 Å². The Morgan fingerprint density at radius 2 is 2.11 bits per heavy atom. The molecule has 1 saturated carbocycles. The number of nitrogens with one attached hydrogen (secondary N) is 2. The molecule has 0 unspecified atom stereocenters. The lowest BCUT2D eigenvalue weighted by Crippen LogP contribution is -2.41. The van der Waals surface area contributed by atoms with Crippen molar-refractivity contribution in [1.82, 2.24) is 20.0 Å². The predicted molar refractivity (Wildman–Crippen MR) is 102 cm³/mol. The molecular weight excluding hydrogens is 383 g/mol. The van der Waals surface area contributed by atoms with E-state index in [1.165, 1.54) is 30.7 Å². The number of hydrogen-bond acceptors (Lipinski definition) is 5. The van der Waals surface area contributed by atoms with Gasteiger partial charge in [-0.2, -0.15) is 0 Å². The molecule has 0 spiro atoms. The van der Waals surface area contributed by atoms with Crippen molar-refractivity contribution in [1.29, 1.82) is 0 Å². The summed E-state index contributed by atoms with van der Waals surface area (Å²) in [4.78, 5) is 19.9. The smallest absolute Gasteiger partial charge is 0.271 e. The van der Waals surface area contributed by atoms with E-state index in [0.29, 0.717) is 24.9 Å². The van der Waals surface area contributed by atoms with E-state index in [1.807, 2.05) is 0 Å². The van der Waals surface area contributed by atoms with E-state index in [-0.39, 0.29) is 28.5 Å². The Morgan fingerprint density at radius 3 is 2.86 bits per heavy atom. The van der Waals surface area contributed by atoms with Crippen molar-refractivity contribution in [2.75, 3.05) is 6.54 Å². The van der Waals surface area contributed by atoms with E-state index in [0.717, 1.165) is 18.9 Å². The van der Waals surface area contributed by atoms with Crippen LogP contribution in [0.1, 0.15) is 41.7 Å². The Balaban J connectivity index is 1.59. The Morgan fingerprint density at radius 1 is 1.29 bits per heavy atom. The lowest BCUT2D eigenvalue weighted by Gasteiger charge is -2.29. The molecule has 1 fully saturated rings. The first-order chi connectivity index (χ1) is 13.3. The third kappa shape index (κ3) is 5.11. The van der Waals surface area contributed by atoms with E-state index in [2.05, 4.69) is 20.0 Å². The van der Waals surface area contributed by atoms with Gasteiger partial charge in [-0.1, -0.05) is 12.5 Å². The highest BCUT2D eigenvalue weighted by Gasteiger charge is 2.28. The fraction of sp³-hybridized carbons (Fsp3) is 0.421. The number of benzene rings is 1. The van der Waals surface area contributed by atoms with Crippen molar-refractivity contribution in [3.05, 3.63) is 53.9 Å². The van der Waals surface area contributed by atoms with Crippen LogP contribution in [0.5, 0.6) is 0 Å². The molecule has 0 aliphatic heterocycles. The van der Waals surface area contributed by atoms with Gasteiger partial charge in [0, 0.05) is 25.0 Å². The second-order valence-corrected chi connectivity index (χ2v) is 8.74. The predicted octanol–water partition coefficient (Wildman–Crippen LogP) is 2.19. The van der Waals surface area contributed by atoms with Crippen LogP contribution in [-0.2, 0) is 10.0 Å². The summed E-state index contributed by atoms with van der Waals surface area (Å²) >= 11 is 0. The molecule has 0 radical (unpaired) electrons. The molecular formula is C19H23FN4O3S. The van der Waals surface area contributed by atoms with Crippen molar-refractivity contribution >= 4 is 15.9 Å². The molecule has 1 heterocycles. The molecule has 1 aromatic carbocycles. The van der Waals surface area contributed by atoms with Gasteiger partial charge in [-0.25, -0.2) is 22.5 Å². The highest BCUT2D eigenvalue weighted by Crippen LogP contribution is 2.26. The second kappa shape index (κ2) is 8.74. The first-order valence-corrected chi connectivity index (χ1v) is 10.7. The van der Waals surface area contributed by atoms with Crippen molar-refractivity contribution < 1.29 is 17.6 Å². The summed E-state index contributed by atoms with van der Waals surface area (Å²) in [6.45, 7) is 2.08. The van der Waals surface area contributed by atoms with Crippen LogP contribution in [0, 0.1) is 18.7 Å². The molecule has 1 amide bonds. The molecule has 28 heavy (non-hydrogen) atoms. The number of rotatable bonds is 6. The highest BCUT2D eigenvalue weighted by molar-refractivity contribution is 7.89. The number of halogens is 1. The van der Waals surface area contributed by atoms with Gasteiger partial charge in [0.1, 0.15) is 11.5 Å². The third-order valence-corrected chi connectivity index (χ3v) is 6.55. The van der Waals surface area contributed by atoms with Gasteiger partial charge < -0.3 is 5.32 Å². The quantitative estimate of drug-likeness (QED) is 0.766. The minimum atomic E-state index is -3.81. The minimum absolute atomic E-state index is 0.0365. The van der Waals surface area contributed by atoms with E-state index in [9.17, 15) is 17.6 Å². The average Bonchev–Trinajstić information content (AvgIpc) is 2.68. The van der Waals surface area contributed by atoms with E-state index in [4.69, 9.17) is 0 Å². The minimum Gasteiger partial charge on any atom is -0.350 e. The average molecular weight is 406 g/mol. The zero-order valence-corrected chi connectivity index (χ0v) is 16.4. The molecule has 1 aliphatic rings. The van der Waals surface area contributed by atoms with Crippen molar-refractivity contribution in [3.63, 3.8) is 0 Å². The van der Waals surface area contributed by atoms with Crippen LogP contribution in [0.3, 0.4) is 0 Å². The van der Waals surface area contributed by atoms with E-state index < -0.39 is 15.8 Å². The summed E-state index contributed by atoms with van der Waals surface area (Å²) in [6.07, 6.45) is 7.41. The number of aromatic nitrogens is 2. The topological polar surface area (TPSA) is 101 Å². The normalized spacial score (nSPS) is 19.9. The number of carbonyl (C=O) groups excluding carboxylic acids is 1. The Bertz CT molecular complexity index is 937. The van der Waals surface area contributed by atoms with Crippen molar-refractivity contribution in [2.24, 2.45) is 5.92 Å². The monoisotopic (exact) mass is 406 g/mol. The first-order valence-electron chi connectivity index (χ1n) is 9.18. The molecule has 3 rings (SSSR count). The summed E-state index contributed by atoms with van der Waals surface area (Å²) in [5.74, 6) is -0.735. The summed E-state index contributed by atoms with van der Waals surface area (Å²) in [7, 11) is -3.81. The third-order valence-electron chi connectivity index (χ3n) is 4.89. The van der Waals surface area contributed by atoms with Crippen molar-refractivity contribution in [2.45, 2.75) is 43.5 Å². The second-order valence-electron chi connectivity index (χ2n) is 7.06. The SMILES string of the molecule is Cc1ccc(F)cc1S(=O)(=O)N[C@H]1CCC[C@@H](CNC(=O)c2cnccn2)C1. The lowest BCUT2D eigenvalue weighted by atomic mass is 9.86. The zero-order chi connectivity index (χ0) is 20.1. The van der Waals surface area contributed by atoms with Gasteiger partial charge in [-0.05, 0) is 49.8 Å². The van der Waals surface area contributed by atoms with Crippen LogP contribution < -0.4 is 10.0 Å². The van der Waals surface area contributed by atoms with Gasteiger partial charge in [-0.3, -0.25) is 9.78 Å². The maximum atomic E-state index is 13.5. The van der Waals surface area contributed by atoms with Gasteiger partial charge in [0.05, 0.1) is 11.1 Å². The largest absolute Gasteiger partial charge is 0.350 e. The van der Waals surface area contributed by atoms with Crippen LogP contribution in [-0.4, -0.2) is 36.9 Å². The van der Waals surface area contributed by atoms with Gasteiger partial charge in [0.25, 0.3) is 5.91 Å². The number of hydrogen-bond donors (Lipinski definition) is 2. The molecule has 2 atom stereocenters. The number of amides is 1. The zero-order valence-electron chi connectivity index (χ0n) is 15.6. The van der Waals surface area contributed by atoms with Gasteiger partial charge in [0.15, 0.2) is 0 Å². The van der Waals surface area contributed by atoms with E-state index in [1.54, 1.807) is 6.92 Å². The Labute approximate surface area is 163 Å². The number of aryl methyl sites for hydroxylation is 1. The number of nitrogens with zero attached hydrogens (tertiary/aromatic N) is 2. The van der Waals surface area contributed by atoms with Crippen LogP contribution in [0.4, 0.5) is 4.39 Å².